The van der Waals surface area contributed by atoms with Crippen molar-refractivity contribution in [3.05, 3.63) is 77.3 Å². The van der Waals surface area contributed by atoms with Gasteiger partial charge in [0.15, 0.2) is 0 Å². The van der Waals surface area contributed by atoms with Gasteiger partial charge in [-0.1, -0.05) is 42.5 Å². The standard InChI is InChI=1S/C27H32N4O2/c1-3-26(32)30-14-12-24-23(18-30)22-10-9-21(17-25(22)28(24)2)31-16-15-29(19-27(31)33)13-11-20-7-5-4-6-8-20/h3-10,17,32H,11-16,18-19H2,1-2H3/p-1. The van der Waals surface area contributed by atoms with Gasteiger partial charge in [0, 0.05) is 68.5 Å². The number of benzene rings is 2. The van der Waals surface area contributed by atoms with Gasteiger partial charge in [-0.2, -0.15) is 0 Å². The molecular weight excluding hydrogens is 412 g/mol. The van der Waals surface area contributed by atoms with Crippen molar-refractivity contribution in [2.75, 3.05) is 37.6 Å². The van der Waals surface area contributed by atoms with Crippen LogP contribution in [0.5, 0.6) is 0 Å². The number of fused-ring (bicyclic) bond motifs is 3. The van der Waals surface area contributed by atoms with E-state index in [1.165, 1.54) is 22.2 Å². The highest BCUT2D eigenvalue weighted by atomic mass is 16.3. The minimum Gasteiger partial charge on any atom is -0.861 e. The number of hydrogen-bond acceptors (Lipinski definition) is 4. The smallest absolute Gasteiger partial charge is 0.241 e. The van der Waals surface area contributed by atoms with E-state index < -0.39 is 0 Å². The van der Waals surface area contributed by atoms with Crippen molar-refractivity contribution in [2.45, 2.75) is 26.3 Å². The molecule has 2 aromatic carbocycles. The minimum absolute atomic E-state index is 0.0880. The summed E-state index contributed by atoms with van der Waals surface area (Å²) in [4.78, 5) is 19.1. The number of aromatic nitrogens is 1. The summed E-state index contributed by atoms with van der Waals surface area (Å²) in [6, 6.07) is 16.8. The summed E-state index contributed by atoms with van der Waals surface area (Å²) in [6.45, 7) is 6.13. The summed E-state index contributed by atoms with van der Waals surface area (Å²) >= 11 is 0. The van der Waals surface area contributed by atoms with Crippen molar-refractivity contribution < 1.29 is 9.90 Å². The molecule has 0 bridgehead atoms. The maximum atomic E-state index is 13.0. The molecular formula is C27H31N4O2-. The van der Waals surface area contributed by atoms with Gasteiger partial charge >= 0.3 is 0 Å². The number of carbonyl (C=O) groups excluding carboxylic acids is 1. The first-order valence-electron chi connectivity index (χ1n) is 11.8. The molecule has 33 heavy (non-hydrogen) atoms. The average molecular weight is 444 g/mol. The summed E-state index contributed by atoms with van der Waals surface area (Å²) in [6.07, 6.45) is 3.46. The lowest BCUT2D eigenvalue weighted by Gasteiger charge is -2.35. The van der Waals surface area contributed by atoms with E-state index in [2.05, 4.69) is 59.0 Å². The van der Waals surface area contributed by atoms with Crippen LogP contribution < -0.4 is 10.0 Å². The fraction of sp³-hybridized carbons (Fsp3) is 0.370. The number of carbonyl (C=O) groups is 1. The molecule has 1 amide bonds. The summed E-state index contributed by atoms with van der Waals surface area (Å²) in [5.74, 6) is 0.243. The second-order valence-electron chi connectivity index (χ2n) is 9.04. The molecule has 0 saturated carbocycles. The SMILES string of the molecule is CC=C([O-])N1CCc2c(c3ccc(N4CCN(CCc5ccccc5)CC4=O)cc3n2C)C1. The van der Waals surface area contributed by atoms with Gasteiger partial charge < -0.3 is 19.5 Å². The highest BCUT2D eigenvalue weighted by Gasteiger charge is 2.27. The maximum absolute atomic E-state index is 13.0. The van der Waals surface area contributed by atoms with Crippen LogP contribution in [-0.2, 0) is 31.2 Å². The molecule has 6 nitrogen and oxygen atoms in total. The summed E-state index contributed by atoms with van der Waals surface area (Å²) in [5.41, 5.74) is 5.93. The zero-order valence-electron chi connectivity index (χ0n) is 19.5. The van der Waals surface area contributed by atoms with Crippen molar-refractivity contribution in [1.29, 1.82) is 0 Å². The van der Waals surface area contributed by atoms with Gasteiger partial charge in [0.05, 0.1) is 12.1 Å². The Labute approximate surface area is 195 Å². The van der Waals surface area contributed by atoms with Crippen molar-refractivity contribution in [3.8, 4) is 0 Å². The Morgan fingerprint density at radius 3 is 2.64 bits per heavy atom. The highest BCUT2D eigenvalue weighted by molar-refractivity contribution is 5.98. The van der Waals surface area contributed by atoms with Crippen LogP contribution in [0.4, 0.5) is 5.69 Å². The lowest BCUT2D eigenvalue weighted by atomic mass is 10.0. The van der Waals surface area contributed by atoms with E-state index in [1.807, 2.05) is 15.9 Å². The number of piperazine rings is 1. The molecule has 0 unspecified atom stereocenters. The number of anilines is 1. The molecule has 2 aliphatic heterocycles. The van der Waals surface area contributed by atoms with Crippen molar-refractivity contribution in [1.82, 2.24) is 14.4 Å². The van der Waals surface area contributed by atoms with Crippen molar-refractivity contribution in [3.63, 3.8) is 0 Å². The molecule has 0 atom stereocenters. The van der Waals surface area contributed by atoms with E-state index in [1.54, 1.807) is 13.0 Å². The molecule has 3 aromatic rings. The third kappa shape index (κ3) is 4.11. The van der Waals surface area contributed by atoms with Crippen LogP contribution >= 0.6 is 0 Å². The van der Waals surface area contributed by atoms with Gasteiger partial charge in [-0.05, 0) is 36.9 Å². The maximum Gasteiger partial charge on any atom is 0.241 e. The van der Waals surface area contributed by atoms with Crippen molar-refractivity contribution >= 4 is 22.5 Å². The molecule has 172 valence electrons. The number of amides is 1. The topological polar surface area (TPSA) is 54.8 Å². The second-order valence-corrected chi connectivity index (χ2v) is 9.04. The van der Waals surface area contributed by atoms with Crippen LogP contribution in [-0.4, -0.2) is 53.0 Å². The lowest BCUT2D eigenvalue weighted by molar-refractivity contribution is -0.334. The first kappa shape index (κ1) is 21.6. The Morgan fingerprint density at radius 1 is 1.06 bits per heavy atom. The van der Waals surface area contributed by atoms with E-state index in [9.17, 15) is 9.90 Å². The van der Waals surface area contributed by atoms with E-state index in [0.717, 1.165) is 43.7 Å². The van der Waals surface area contributed by atoms with Crippen LogP contribution in [0.3, 0.4) is 0 Å². The Morgan fingerprint density at radius 2 is 1.88 bits per heavy atom. The normalized spacial score (nSPS) is 17.6. The number of nitrogens with zero attached hydrogens (tertiary/aromatic N) is 4. The minimum atomic E-state index is 0.0880. The van der Waals surface area contributed by atoms with Gasteiger partial charge in [-0.15, -0.1) is 0 Å². The van der Waals surface area contributed by atoms with E-state index in [-0.39, 0.29) is 11.8 Å². The Hall–Kier alpha value is -3.25. The van der Waals surface area contributed by atoms with Gasteiger partial charge in [0.1, 0.15) is 0 Å². The predicted molar refractivity (Wildman–Crippen MR) is 130 cm³/mol. The number of allylic oxidation sites excluding steroid dienone is 1. The predicted octanol–water partition coefficient (Wildman–Crippen LogP) is 2.65. The summed E-state index contributed by atoms with van der Waals surface area (Å²) < 4.78 is 2.24. The monoisotopic (exact) mass is 443 g/mol. The second kappa shape index (κ2) is 8.94. The molecule has 1 saturated heterocycles. The third-order valence-electron chi connectivity index (χ3n) is 7.12. The molecule has 0 aliphatic carbocycles. The first-order chi connectivity index (χ1) is 16.0. The summed E-state index contributed by atoms with van der Waals surface area (Å²) in [7, 11) is 2.09. The van der Waals surface area contributed by atoms with Crippen LogP contribution in [0.1, 0.15) is 23.7 Å². The quantitative estimate of drug-likeness (QED) is 0.569. The molecule has 1 fully saturated rings. The van der Waals surface area contributed by atoms with E-state index >= 15 is 0 Å². The molecule has 6 heteroatoms. The highest BCUT2D eigenvalue weighted by Crippen LogP contribution is 2.33. The summed E-state index contributed by atoms with van der Waals surface area (Å²) in [5, 5.41) is 13.4. The molecule has 3 heterocycles. The largest absolute Gasteiger partial charge is 0.861 e. The van der Waals surface area contributed by atoms with Crippen LogP contribution in [0, 0.1) is 0 Å². The zero-order valence-corrected chi connectivity index (χ0v) is 19.5. The van der Waals surface area contributed by atoms with E-state index in [0.29, 0.717) is 19.6 Å². The van der Waals surface area contributed by atoms with Gasteiger partial charge in [-0.25, -0.2) is 0 Å². The molecule has 0 N–H and O–H groups in total. The molecule has 0 spiro atoms. The van der Waals surface area contributed by atoms with Crippen LogP contribution in [0.25, 0.3) is 10.9 Å². The number of hydrogen-bond donors (Lipinski definition) is 0. The fourth-order valence-corrected chi connectivity index (χ4v) is 5.22. The first-order valence-corrected chi connectivity index (χ1v) is 11.8. The van der Waals surface area contributed by atoms with Crippen LogP contribution in [0.2, 0.25) is 0 Å². The molecule has 5 rings (SSSR count). The number of aryl methyl sites for hydroxylation is 1. The Kier molecular flexibility index (Phi) is 5.85. The fourth-order valence-electron chi connectivity index (χ4n) is 5.22. The van der Waals surface area contributed by atoms with Gasteiger partial charge in [0.2, 0.25) is 5.91 Å². The zero-order chi connectivity index (χ0) is 22.9. The molecule has 2 aliphatic rings. The Bertz CT molecular complexity index is 1200. The van der Waals surface area contributed by atoms with Gasteiger partial charge in [-0.3, -0.25) is 9.69 Å². The van der Waals surface area contributed by atoms with Gasteiger partial charge in [0.25, 0.3) is 0 Å². The molecule has 1 aromatic heterocycles. The average Bonchev–Trinajstić information content (AvgIpc) is 3.13. The number of rotatable bonds is 5. The Balaban J connectivity index is 1.32. The lowest BCUT2D eigenvalue weighted by Crippen LogP contribution is -2.50. The third-order valence-corrected chi connectivity index (χ3v) is 7.12. The van der Waals surface area contributed by atoms with Crippen LogP contribution in [0.15, 0.2) is 60.5 Å². The molecule has 0 radical (unpaired) electrons. The van der Waals surface area contributed by atoms with Crippen molar-refractivity contribution in [2.24, 2.45) is 7.05 Å². The van der Waals surface area contributed by atoms with E-state index in [4.69, 9.17) is 0 Å².